The number of nitrogens with zero attached hydrogens (tertiary/aromatic N) is 7. The van der Waals surface area contributed by atoms with E-state index in [-0.39, 0.29) is 14.9 Å². The first-order valence-electron chi connectivity index (χ1n) is 30.0. The fraction of sp³-hybridized carbons (Fsp3) is 0.0370. The Morgan fingerprint density at radius 1 is 0.280 bits per heavy atom. The van der Waals surface area contributed by atoms with Crippen LogP contribution >= 0.6 is 61.3 Å². The van der Waals surface area contributed by atoms with Crippen molar-refractivity contribution in [1.29, 1.82) is 0 Å². The molecule has 7 aromatic heterocycles. The minimum Gasteiger partial charge on any atom is -0.278 e. The van der Waals surface area contributed by atoms with Gasteiger partial charge < -0.3 is 0 Å². The first-order chi connectivity index (χ1) is 45.0. The van der Waals surface area contributed by atoms with Crippen LogP contribution in [0.5, 0.6) is 0 Å². The Kier molecular flexibility index (Phi) is 14.8. The zero-order valence-electron chi connectivity index (χ0n) is 48.3. The summed E-state index contributed by atoms with van der Waals surface area (Å²) < 4.78 is 13.7. The van der Waals surface area contributed by atoms with Gasteiger partial charge in [0.15, 0.2) is 23.3 Å². The van der Waals surface area contributed by atoms with Gasteiger partial charge in [-0.3, -0.25) is 4.57 Å². The summed E-state index contributed by atoms with van der Waals surface area (Å²) in [6.07, 6.45) is 1.05. The van der Waals surface area contributed by atoms with Crippen molar-refractivity contribution in [2.24, 2.45) is 0 Å². The third-order valence-corrected chi connectivity index (χ3v) is 22.4. The minimum atomic E-state index is 0. The van der Waals surface area contributed by atoms with Crippen molar-refractivity contribution in [3.63, 3.8) is 0 Å². The number of hydrogen-bond acceptors (Lipinski definition) is 10. The lowest BCUT2D eigenvalue weighted by molar-refractivity contribution is 0.954. The molecule has 0 unspecified atom stereocenters. The molecule has 93 heavy (non-hydrogen) atoms. The summed E-state index contributed by atoms with van der Waals surface area (Å²) in [5, 5.41) is 13.2. The number of thiophene rings is 4. The molecule has 0 saturated carbocycles. The Hall–Kier alpha value is -10.2. The van der Waals surface area contributed by atoms with E-state index in [1.165, 1.54) is 114 Å². The van der Waals surface area contributed by atoms with E-state index in [1.807, 2.05) is 142 Å². The third-order valence-electron chi connectivity index (χ3n) is 17.2. The summed E-state index contributed by atoms with van der Waals surface area (Å²) in [4.78, 5) is 28.5. The van der Waals surface area contributed by atoms with Crippen LogP contribution in [0.25, 0.3) is 165 Å². The molecule has 0 atom stereocenters. The van der Waals surface area contributed by atoms with Gasteiger partial charge in [0.1, 0.15) is 0 Å². The fourth-order valence-corrected chi connectivity index (χ4v) is 18.5. The highest BCUT2D eigenvalue weighted by Crippen LogP contribution is 2.52. The minimum absolute atomic E-state index is 0. The zero-order chi connectivity index (χ0) is 60.1. The molecule has 444 valence electrons. The van der Waals surface area contributed by atoms with Crippen molar-refractivity contribution in [2.45, 2.75) is 21.3 Å². The zero-order valence-corrected chi connectivity index (χ0v) is 53.1. The molecule has 7 nitrogen and oxygen atoms in total. The molecule has 0 spiro atoms. The molecule has 20 rings (SSSR count). The lowest BCUT2D eigenvalue weighted by Crippen LogP contribution is -2.06. The van der Waals surface area contributed by atoms with E-state index < -0.39 is 0 Å². The van der Waals surface area contributed by atoms with E-state index in [2.05, 4.69) is 205 Å². The van der Waals surface area contributed by atoms with E-state index in [4.69, 9.17) is 15.0 Å². The Morgan fingerprint density at radius 2 is 0.570 bits per heavy atom. The summed E-state index contributed by atoms with van der Waals surface area (Å²) in [5.74, 6) is 3.26. The second-order valence-corrected chi connectivity index (χ2v) is 27.4. The van der Waals surface area contributed by atoms with Gasteiger partial charge in [0, 0.05) is 125 Å². The predicted molar refractivity (Wildman–Crippen MR) is 403 cm³/mol. The quantitative estimate of drug-likeness (QED) is 0.171. The number of rotatable bonds is 5. The Labute approximate surface area is 560 Å². The van der Waals surface area contributed by atoms with E-state index >= 15 is 0 Å². The fourth-order valence-electron chi connectivity index (χ4n) is 13.1. The molecule has 7 heterocycles. The lowest BCUT2D eigenvalue weighted by Gasteiger charge is -2.11. The van der Waals surface area contributed by atoms with E-state index in [1.54, 1.807) is 0 Å². The van der Waals surface area contributed by atoms with Gasteiger partial charge in [-0.25, -0.2) is 19.9 Å². The SMILES string of the molecule is Brc1nc(-c2ccccc2)nc(-c2ccccc2)n1.C.C.c1ccc(-c2nc(-c3ccccc3)nc(-n3c4ccc5c6ccccc6sc5c4c4c5sc6ccccc6c5ccc43)n2)cc1.c1ccc2c(c1)sc1c3c(ccc12)Cc1ccc2c(sc4ccccc42)c1-3. The number of halogens is 1. The van der Waals surface area contributed by atoms with Crippen molar-refractivity contribution < 1.29 is 0 Å². The van der Waals surface area contributed by atoms with Crippen LogP contribution < -0.4 is 0 Å². The highest BCUT2D eigenvalue weighted by molar-refractivity contribution is 9.10. The number of benzene rings is 12. The standard InChI is InChI=1S/C39H22N4S2.C25H14S2.C15H10BrN3.2CH4/c1-3-11-23(12-4-1)37-40-38(24-13-5-2-6-14-24)42-39(41-37)43-29-21-19-27-25-15-7-9-17-31(25)44-35(27)33(29)34-30(43)22-20-28-26-16-8-10-18-32(26)45-36(28)34;1-3-7-20-16(5-1)18-11-9-14-13-15-10-12-19-17-6-2-4-8-21(17)27-25(19)23(15)22(14)24(18)26-20;16-15-18-13(11-7-3-1-4-8-11)17-14(19-15)12-9-5-2-6-10-12;;/h1-22H;1-12H,13H2;1-10H;2*1H4. The van der Waals surface area contributed by atoms with Gasteiger partial charge >= 0.3 is 0 Å². The molecule has 0 saturated heterocycles. The summed E-state index contributed by atoms with van der Waals surface area (Å²) >= 11 is 11.0. The van der Waals surface area contributed by atoms with Gasteiger partial charge in [0.05, 0.1) is 11.0 Å². The maximum atomic E-state index is 5.17. The largest absolute Gasteiger partial charge is 0.278 e. The van der Waals surface area contributed by atoms with Crippen LogP contribution in [0.1, 0.15) is 26.0 Å². The molecule has 1 aliphatic rings. The number of aromatic nitrogens is 7. The van der Waals surface area contributed by atoms with Gasteiger partial charge in [0.25, 0.3) is 0 Å². The van der Waals surface area contributed by atoms with E-state index in [0.29, 0.717) is 34.0 Å². The Bertz CT molecular complexity index is 5720. The Balaban J connectivity index is 0.000000121. The lowest BCUT2D eigenvalue weighted by atomic mass is 10.0. The summed E-state index contributed by atoms with van der Waals surface area (Å²) in [6.45, 7) is 0. The maximum absolute atomic E-state index is 5.17. The van der Waals surface area contributed by atoms with Crippen molar-refractivity contribution in [1.82, 2.24) is 34.5 Å². The third kappa shape index (κ3) is 9.87. The van der Waals surface area contributed by atoms with E-state index in [9.17, 15) is 0 Å². The van der Waals surface area contributed by atoms with Crippen molar-refractivity contribution in [2.75, 3.05) is 0 Å². The Morgan fingerprint density at radius 3 is 0.925 bits per heavy atom. The average molecular weight is 1330 g/mol. The normalized spacial score (nSPS) is 11.7. The van der Waals surface area contributed by atoms with Crippen LogP contribution in [0.4, 0.5) is 0 Å². The molecule has 12 heteroatoms. The van der Waals surface area contributed by atoms with Crippen LogP contribution in [0.3, 0.4) is 0 Å². The smallest absolute Gasteiger partial charge is 0.238 e. The molecule has 19 aromatic rings. The molecule has 0 bridgehead atoms. The van der Waals surface area contributed by atoms with Gasteiger partial charge in [-0.2, -0.15) is 9.97 Å². The van der Waals surface area contributed by atoms with Crippen molar-refractivity contribution in [3.8, 4) is 62.6 Å². The van der Waals surface area contributed by atoms with Crippen LogP contribution in [0.15, 0.2) is 272 Å². The topological polar surface area (TPSA) is 82.3 Å². The molecular weight excluding hydrogens is 1280 g/mol. The molecule has 0 amide bonds. The highest BCUT2D eigenvalue weighted by Gasteiger charge is 2.27. The first kappa shape index (κ1) is 57.9. The van der Waals surface area contributed by atoms with Crippen molar-refractivity contribution >= 4 is 164 Å². The van der Waals surface area contributed by atoms with Crippen LogP contribution in [-0.2, 0) is 6.42 Å². The van der Waals surface area contributed by atoms with Crippen molar-refractivity contribution in [3.05, 3.63) is 283 Å². The molecule has 12 aromatic carbocycles. The molecule has 0 fully saturated rings. The summed E-state index contributed by atoms with van der Waals surface area (Å²) in [6, 6.07) is 93.6. The molecular formula is C81H54BrN7S4. The van der Waals surface area contributed by atoms with Crippen LogP contribution in [0.2, 0.25) is 0 Å². The molecule has 0 radical (unpaired) electrons. The molecule has 0 N–H and O–H groups in total. The van der Waals surface area contributed by atoms with Gasteiger partial charge in [-0.1, -0.05) is 245 Å². The van der Waals surface area contributed by atoms with Gasteiger partial charge in [-0.05, 0) is 69.9 Å². The van der Waals surface area contributed by atoms with Crippen LogP contribution in [-0.4, -0.2) is 34.5 Å². The monoisotopic (exact) mass is 1330 g/mol. The van der Waals surface area contributed by atoms with Gasteiger partial charge in [0.2, 0.25) is 10.7 Å². The average Bonchev–Trinajstić information content (AvgIpc) is 1.57. The van der Waals surface area contributed by atoms with Crippen LogP contribution in [0, 0.1) is 0 Å². The second-order valence-electron chi connectivity index (χ2n) is 22.5. The first-order valence-corrected chi connectivity index (χ1v) is 34.0. The maximum Gasteiger partial charge on any atom is 0.238 e. The molecule has 1 aliphatic carbocycles. The highest BCUT2D eigenvalue weighted by atomic mass is 79.9. The number of fused-ring (bicyclic) bond motifs is 22. The van der Waals surface area contributed by atoms with Gasteiger partial charge in [-0.15, -0.1) is 45.3 Å². The summed E-state index contributed by atoms with van der Waals surface area (Å²) in [5.41, 5.74) is 12.0. The number of hydrogen-bond donors (Lipinski definition) is 0. The van der Waals surface area contributed by atoms with E-state index in [0.717, 1.165) is 39.7 Å². The molecule has 0 aliphatic heterocycles. The summed E-state index contributed by atoms with van der Waals surface area (Å²) in [7, 11) is 0. The second kappa shape index (κ2) is 23.8. The predicted octanol–water partition coefficient (Wildman–Crippen LogP) is 24.3.